The number of ether oxygens (including phenoxy) is 3. The first-order valence-electron chi connectivity index (χ1n) is 8.19. The molecule has 146 valence electrons. The Hall–Kier alpha value is -1.11. The van der Waals surface area contributed by atoms with Gasteiger partial charge in [0.15, 0.2) is 0 Å². The number of rotatable bonds is 8. The van der Waals surface area contributed by atoms with Gasteiger partial charge in [-0.25, -0.2) is 9.59 Å². The van der Waals surface area contributed by atoms with E-state index in [0.29, 0.717) is 26.1 Å². The molecule has 1 unspecified atom stereocenters. The smallest absolute Gasteiger partial charge is 1.00 e. The minimum Gasteiger partial charge on any atom is -1.00 e. The van der Waals surface area contributed by atoms with Gasteiger partial charge in [-0.15, -0.1) is 0 Å². The Morgan fingerprint density at radius 3 is 2.12 bits per heavy atom. The number of aliphatic carboxylic acids is 2. The molecule has 1 atom stereocenters. The molecule has 1 saturated heterocycles. The van der Waals surface area contributed by atoms with E-state index < -0.39 is 47.7 Å². The van der Waals surface area contributed by atoms with Gasteiger partial charge in [0.25, 0.3) is 5.60 Å². The third-order valence-corrected chi connectivity index (χ3v) is 3.74. The molecule has 0 amide bonds. The minimum atomic E-state index is -2.46. The van der Waals surface area contributed by atoms with Crippen molar-refractivity contribution in [3.63, 3.8) is 0 Å². The van der Waals surface area contributed by atoms with Crippen molar-refractivity contribution < 1.29 is 59.1 Å². The van der Waals surface area contributed by atoms with E-state index in [4.69, 9.17) is 19.9 Å². The molecule has 26 heavy (non-hydrogen) atoms. The predicted octanol–water partition coefficient (Wildman–Crippen LogP) is -2.34. The van der Waals surface area contributed by atoms with Crippen molar-refractivity contribution in [1.82, 2.24) is 0 Å². The van der Waals surface area contributed by atoms with Crippen LogP contribution in [0.1, 0.15) is 47.9 Å². The van der Waals surface area contributed by atoms with E-state index in [1.807, 2.05) is 0 Å². The minimum absolute atomic E-state index is 0. The molecule has 0 aromatic heterocycles. The second-order valence-electron chi connectivity index (χ2n) is 7.05. The van der Waals surface area contributed by atoms with E-state index in [1.54, 1.807) is 20.8 Å². The van der Waals surface area contributed by atoms with Crippen LogP contribution in [0.2, 0.25) is 0 Å². The standard InChI is InChI=1S/C16H27NO8.Li.H/c1-15(2,3)25-12(18)11(17)4-7-16(13(19)20,14(21)22)24-10-5-8-23-9-6-10;;/h10-11H,4-9,17H2,1-3H3,(H,19,20)(H,21,22);;/q;+1;-1. The van der Waals surface area contributed by atoms with E-state index in [1.165, 1.54) is 0 Å². The molecule has 0 aromatic carbocycles. The van der Waals surface area contributed by atoms with E-state index in [2.05, 4.69) is 0 Å². The topological polar surface area (TPSA) is 145 Å². The van der Waals surface area contributed by atoms with Crippen LogP contribution in [0.4, 0.5) is 0 Å². The molecule has 0 bridgehead atoms. The summed E-state index contributed by atoms with van der Waals surface area (Å²) in [5, 5.41) is 18.9. The number of carbonyl (C=O) groups is 3. The maximum absolute atomic E-state index is 11.9. The molecule has 4 N–H and O–H groups in total. The van der Waals surface area contributed by atoms with E-state index in [-0.39, 0.29) is 26.7 Å². The van der Waals surface area contributed by atoms with Crippen LogP contribution in [-0.4, -0.2) is 64.7 Å². The van der Waals surface area contributed by atoms with Crippen LogP contribution < -0.4 is 24.6 Å². The van der Waals surface area contributed by atoms with Crippen molar-refractivity contribution in [2.45, 2.75) is 69.8 Å². The molecular weight excluding hydrogens is 341 g/mol. The first-order chi connectivity index (χ1) is 11.5. The maximum Gasteiger partial charge on any atom is 1.00 e. The Kier molecular flexibility index (Phi) is 9.84. The van der Waals surface area contributed by atoms with Crippen molar-refractivity contribution in [3.05, 3.63) is 0 Å². The molecule has 1 fully saturated rings. The monoisotopic (exact) mass is 369 g/mol. The van der Waals surface area contributed by atoms with Crippen LogP contribution in [0, 0.1) is 0 Å². The van der Waals surface area contributed by atoms with Gasteiger partial charge in [-0.3, -0.25) is 4.79 Å². The van der Waals surface area contributed by atoms with Gasteiger partial charge in [0, 0.05) is 19.6 Å². The Bertz CT molecular complexity index is 491. The van der Waals surface area contributed by atoms with Crippen molar-refractivity contribution in [2.75, 3.05) is 13.2 Å². The zero-order chi connectivity index (χ0) is 19.3. The molecule has 1 aliphatic rings. The van der Waals surface area contributed by atoms with Gasteiger partial charge in [-0.1, -0.05) is 0 Å². The quantitative estimate of drug-likeness (QED) is 0.243. The van der Waals surface area contributed by atoms with Crippen molar-refractivity contribution in [3.8, 4) is 0 Å². The summed E-state index contributed by atoms with van der Waals surface area (Å²) < 4.78 is 15.7. The van der Waals surface area contributed by atoms with Gasteiger partial charge in [-0.05, 0) is 40.0 Å². The van der Waals surface area contributed by atoms with Crippen LogP contribution in [0.25, 0.3) is 0 Å². The first-order valence-corrected chi connectivity index (χ1v) is 8.19. The average Bonchev–Trinajstić information content (AvgIpc) is 2.49. The zero-order valence-electron chi connectivity index (χ0n) is 16.8. The summed E-state index contributed by atoms with van der Waals surface area (Å²) >= 11 is 0. The van der Waals surface area contributed by atoms with Crippen LogP contribution in [0.5, 0.6) is 0 Å². The zero-order valence-corrected chi connectivity index (χ0v) is 15.8. The summed E-state index contributed by atoms with van der Waals surface area (Å²) in [5.41, 5.74) is 2.53. The fraction of sp³-hybridized carbons (Fsp3) is 0.812. The summed E-state index contributed by atoms with van der Waals surface area (Å²) in [6.45, 7) is 5.76. The summed E-state index contributed by atoms with van der Waals surface area (Å²) in [5.74, 6) is -3.96. The Labute approximate surface area is 166 Å². The van der Waals surface area contributed by atoms with Crippen molar-refractivity contribution >= 4 is 17.9 Å². The molecule has 1 rings (SSSR count). The number of hydrogen-bond donors (Lipinski definition) is 3. The second-order valence-corrected chi connectivity index (χ2v) is 7.05. The number of hydrogen-bond acceptors (Lipinski definition) is 7. The molecule has 10 heteroatoms. The normalized spacial score (nSPS) is 17.1. The molecule has 0 aromatic rings. The summed E-state index contributed by atoms with van der Waals surface area (Å²) in [6, 6.07) is -1.14. The molecule has 9 nitrogen and oxygen atoms in total. The van der Waals surface area contributed by atoms with Gasteiger partial charge < -0.3 is 31.6 Å². The van der Waals surface area contributed by atoms with Gasteiger partial charge in [0.05, 0.1) is 6.10 Å². The molecule has 1 heterocycles. The maximum atomic E-state index is 11.9. The third kappa shape index (κ3) is 7.25. The van der Waals surface area contributed by atoms with Crippen LogP contribution in [0.3, 0.4) is 0 Å². The molecule has 0 radical (unpaired) electrons. The SMILES string of the molecule is CC(C)(C)OC(=O)C(N)CCC(OC1CCOCC1)(C(=O)O)C(=O)O.[H-].[Li+]. The number of nitrogens with two attached hydrogens (primary N) is 1. The predicted molar refractivity (Wildman–Crippen MR) is 87.1 cm³/mol. The van der Waals surface area contributed by atoms with E-state index in [9.17, 15) is 24.6 Å². The van der Waals surface area contributed by atoms with E-state index >= 15 is 0 Å². The van der Waals surface area contributed by atoms with Crippen LogP contribution >= 0.6 is 0 Å². The fourth-order valence-electron chi connectivity index (χ4n) is 2.40. The molecule has 0 aliphatic carbocycles. The van der Waals surface area contributed by atoms with Gasteiger partial charge in [0.2, 0.25) is 0 Å². The van der Waals surface area contributed by atoms with Gasteiger partial charge >= 0.3 is 36.8 Å². The first kappa shape index (κ1) is 24.9. The molecule has 0 saturated carbocycles. The third-order valence-electron chi connectivity index (χ3n) is 3.74. The largest absolute Gasteiger partial charge is 1.00 e. The molecule has 0 spiro atoms. The van der Waals surface area contributed by atoms with Crippen LogP contribution in [0.15, 0.2) is 0 Å². The number of carboxylic acid groups (broad SMARTS) is 2. The Morgan fingerprint density at radius 2 is 1.69 bits per heavy atom. The van der Waals surface area contributed by atoms with Crippen molar-refractivity contribution in [2.24, 2.45) is 5.73 Å². The summed E-state index contributed by atoms with van der Waals surface area (Å²) in [4.78, 5) is 35.2. The van der Waals surface area contributed by atoms with E-state index in [0.717, 1.165) is 0 Å². The molecular formula is C16H28LiNO8. The number of carboxylic acids is 2. The summed E-state index contributed by atoms with van der Waals surface area (Å²) in [6.07, 6.45) is -0.383. The average molecular weight is 369 g/mol. The Morgan fingerprint density at radius 1 is 1.19 bits per heavy atom. The number of carbonyl (C=O) groups excluding carboxylic acids is 1. The summed E-state index contributed by atoms with van der Waals surface area (Å²) in [7, 11) is 0. The second kappa shape index (κ2) is 10.3. The molecule has 1 aliphatic heterocycles. The van der Waals surface area contributed by atoms with Crippen LogP contribution in [-0.2, 0) is 28.6 Å². The van der Waals surface area contributed by atoms with Gasteiger partial charge in [-0.2, -0.15) is 0 Å². The number of esters is 1. The fourth-order valence-corrected chi connectivity index (χ4v) is 2.40. The van der Waals surface area contributed by atoms with Gasteiger partial charge in [0.1, 0.15) is 11.6 Å². The van der Waals surface area contributed by atoms with Crippen molar-refractivity contribution in [1.29, 1.82) is 0 Å². The Balaban J connectivity index is 0.